The minimum Gasteiger partial charge on any atom is -0.461 e. The van der Waals surface area contributed by atoms with Gasteiger partial charge in [-0.15, -0.1) is 0 Å². The Morgan fingerprint density at radius 1 is 1.64 bits per heavy atom. The first-order chi connectivity index (χ1) is 6.81. The van der Waals surface area contributed by atoms with E-state index in [2.05, 4.69) is 16.0 Å². The first-order valence-electron chi connectivity index (χ1n) is 4.27. The second-order valence-electron chi connectivity index (χ2n) is 2.97. The average Bonchev–Trinajstić information content (AvgIpc) is 2.76. The van der Waals surface area contributed by atoms with Crippen LogP contribution in [-0.4, -0.2) is 9.97 Å². The van der Waals surface area contributed by atoms with Crippen LogP contribution in [0.25, 0.3) is 11.6 Å². The molecule has 0 aliphatic rings. The number of nitrogens with zero attached hydrogens (tertiary/aromatic N) is 2. The summed E-state index contributed by atoms with van der Waals surface area (Å²) in [4.78, 5) is 7.35. The second-order valence-corrected chi connectivity index (χ2v) is 2.97. The number of aryl methyl sites for hydroxylation is 1. The Bertz CT molecular complexity index is 462. The molecule has 0 saturated carbocycles. The summed E-state index contributed by atoms with van der Waals surface area (Å²) in [7, 11) is 0. The quantitative estimate of drug-likeness (QED) is 0.782. The van der Waals surface area contributed by atoms with Crippen molar-refractivity contribution in [2.24, 2.45) is 0 Å². The fourth-order valence-corrected chi connectivity index (χ4v) is 1.27. The lowest BCUT2D eigenvalue weighted by molar-refractivity contribution is 0.578. The van der Waals surface area contributed by atoms with Gasteiger partial charge >= 0.3 is 0 Å². The van der Waals surface area contributed by atoms with Crippen LogP contribution in [0.5, 0.6) is 0 Å². The van der Waals surface area contributed by atoms with Crippen LogP contribution in [0, 0.1) is 18.3 Å². The Balaban J connectivity index is 2.39. The third kappa shape index (κ3) is 1.40. The SMILES string of the molecule is Cc1[nH]c(-c2ccco2)nc1CC#N. The molecule has 14 heavy (non-hydrogen) atoms. The average molecular weight is 187 g/mol. The lowest BCUT2D eigenvalue weighted by Crippen LogP contribution is -1.83. The predicted octanol–water partition coefficient (Wildman–Crippen LogP) is 2.04. The van der Waals surface area contributed by atoms with Crippen molar-refractivity contribution in [3.8, 4) is 17.7 Å². The molecule has 0 atom stereocenters. The largest absolute Gasteiger partial charge is 0.461 e. The topological polar surface area (TPSA) is 65.6 Å². The maximum absolute atomic E-state index is 8.56. The first kappa shape index (κ1) is 8.57. The van der Waals surface area contributed by atoms with Crippen LogP contribution >= 0.6 is 0 Å². The zero-order valence-corrected chi connectivity index (χ0v) is 7.74. The number of hydrogen-bond acceptors (Lipinski definition) is 3. The summed E-state index contributed by atoms with van der Waals surface area (Å²) in [5.41, 5.74) is 1.69. The Kier molecular flexibility index (Phi) is 2.07. The number of H-pyrrole nitrogens is 1. The van der Waals surface area contributed by atoms with E-state index in [1.54, 1.807) is 12.3 Å². The Morgan fingerprint density at radius 3 is 3.14 bits per heavy atom. The number of imidazole rings is 1. The van der Waals surface area contributed by atoms with Gasteiger partial charge in [0.25, 0.3) is 0 Å². The van der Waals surface area contributed by atoms with Crippen LogP contribution in [-0.2, 0) is 6.42 Å². The van der Waals surface area contributed by atoms with Gasteiger partial charge in [-0.3, -0.25) is 0 Å². The lowest BCUT2D eigenvalue weighted by atomic mass is 10.3. The highest BCUT2D eigenvalue weighted by Crippen LogP contribution is 2.18. The molecule has 0 aromatic carbocycles. The molecule has 0 bridgehead atoms. The highest BCUT2D eigenvalue weighted by molar-refractivity contribution is 5.48. The van der Waals surface area contributed by atoms with Gasteiger partial charge in [-0.25, -0.2) is 4.98 Å². The molecule has 0 spiro atoms. The predicted molar refractivity (Wildman–Crippen MR) is 50.3 cm³/mol. The molecular formula is C10H9N3O. The van der Waals surface area contributed by atoms with Crippen LogP contribution in [0.4, 0.5) is 0 Å². The second kappa shape index (κ2) is 3.38. The highest BCUT2D eigenvalue weighted by atomic mass is 16.3. The number of aromatic nitrogens is 2. The van der Waals surface area contributed by atoms with E-state index in [9.17, 15) is 0 Å². The van der Waals surface area contributed by atoms with Crippen molar-refractivity contribution in [3.05, 3.63) is 29.8 Å². The van der Waals surface area contributed by atoms with Gasteiger partial charge in [-0.1, -0.05) is 0 Å². The molecule has 0 radical (unpaired) electrons. The van der Waals surface area contributed by atoms with E-state index in [4.69, 9.17) is 9.68 Å². The summed E-state index contributed by atoms with van der Waals surface area (Å²) >= 11 is 0. The Hall–Kier alpha value is -2.02. The normalized spacial score (nSPS) is 10.0. The Morgan fingerprint density at radius 2 is 2.50 bits per heavy atom. The molecule has 4 nitrogen and oxygen atoms in total. The van der Waals surface area contributed by atoms with Crippen molar-refractivity contribution in [2.45, 2.75) is 13.3 Å². The maximum Gasteiger partial charge on any atom is 0.174 e. The van der Waals surface area contributed by atoms with Crippen LogP contribution in [0.15, 0.2) is 22.8 Å². The molecule has 2 rings (SSSR count). The molecule has 0 aliphatic carbocycles. The van der Waals surface area contributed by atoms with Gasteiger partial charge in [-0.05, 0) is 19.1 Å². The van der Waals surface area contributed by atoms with Crippen molar-refractivity contribution >= 4 is 0 Å². The van der Waals surface area contributed by atoms with Crippen molar-refractivity contribution in [1.82, 2.24) is 9.97 Å². The van der Waals surface area contributed by atoms with Gasteiger partial charge in [0.05, 0.1) is 24.4 Å². The summed E-state index contributed by atoms with van der Waals surface area (Å²) in [5, 5.41) is 8.56. The van der Waals surface area contributed by atoms with E-state index in [0.29, 0.717) is 18.0 Å². The standard InChI is InChI=1S/C10H9N3O/c1-7-8(4-5-11)13-10(12-7)9-3-2-6-14-9/h2-3,6H,4H2,1H3,(H,12,13). The number of rotatable bonds is 2. The Labute approximate surface area is 81.2 Å². The number of furan rings is 1. The molecule has 2 heterocycles. The van der Waals surface area contributed by atoms with Gasteiger partial charge in [0, 0.05) is 5.69 Å². The zero-order chi connectivity index (χ0) is 9.97. The number of nitriles is 1. The minimum atomic E-state index is 0.322. The van der Waals surface area contributed by atoms with Gasteiger partial charge in [0.1, 0.15) is 0 Å². The first-order valence-corrected chi connectivity index (χ1v) is 4.27. The summed E-state index contributed by atoms with van der Waals surface area (Å²) in [6.45, 7) is 1.89. The third-order valence-electron chi connectivity index (χ3n) is 1.99. The van der Waals surface area contributed by atoms with Gasteiger partial charge in [0.2, 0.25) is 0 Å². The molecule has 2 aromatic heterocycles. The van der Waals surface area contributed by atoms with Gasteiger partial charge < -0.3 is 9.40 Å². The van der Waals surface area contributed by atoms with E-state index in [1.807, 2.05) is 13.0 Å². The summed E-state index contributed by atoms with van der Waals surface area (Å²) < 4.78 is 5.19. The molecule has 0 unspecified atom stereocenters. The van der Waals surface area contributed by atoms with Crippen LogP contribution < -0.4 is 0 Å². The molecule has 4 heteroatoms. The molecule has 0 aliphatic heterocycles. The monoisotopic (exact) mass is 187 g/mol. The van der Waals surface area contributed by atoms with Gasteiger partial charge in [-0.2, -0.15) is 5.26 Å². The van der Waals surface area contributed by atoms with E-state index < -0.39 is 0 Å². The van der Waals surface area contributed by atoms with Crippen LogP contribution in [0.3, 0.4) is 0 Å². The van der Waals surface area contributed by atoms with E-state index in [0.717, 1.165) is 11.4 Å². The fraction of sp³-hybridized carbons (Fsp3) is 0.200. The van der Waals surface area contributed by atoms with Crippen LogP contribution in [0.2, 0.25) is 0 Å². The summed E-state index contributed by atoms with van der Waals surface area (Å²) in [6.07, 6.45) is 1.92. The smallest absolute Gasteiger partial charge is 0.174 e. The van der Waals surface area contributed by atoms with E-state index >= 15 is 0 Å². The van der Waals surface area contributed by atoms with Crippen molar-refractivity contribution in [1.29, 1.82) is 5.26 Å². The lowest BCUT2D eigenvalue weighted by Gasteiger charge is -1.86. The summed E-state index contributed by atoms with van der Waals surface area (Å²) in [5.74, 6) is 1.37. The van der Waals surface area contributed by atoms with Crippen molar-refractivity contribution < 1.29 is 4.42 Å². The number of aromatic amines is 1. The molecular weight excluding hydrogens is 178 g/mol. The molecule has 0 fully saturated rings. The van der Waals surface area contributed by atoms with Crippen LogP contribution in [0.1, 0.15) is 11.4 Å². The molecule has 70 valence electrons. The fourth-order valence-electron chi connectivity index (χ4n) is 1.27. The molecule has 1 N–H and O–H groups in total. The third-order valence-corrected chi connectivity index (χ3v) is 1.99. The van der Waals surface area contributed by atoms with E-state index in [-0.39, 0.29) is 0 Å². The number of nitrogens with one attached hydrogen (secondary N) is 1. The molecule has 0 amide bonds. The maximum atomic E-state index is 8.56. The van der Waals surface area contributed by atoms with Crippen molar-refractivity contribution in [2.75, 3.05) is 0 Å². The van der Waals surface area contributed by atoms with E-state index in [1.165, 1.54) is 0 Å². The minimum absolute atomic E-state index is 0.322. The molecule has 0 saturated heterocycles. The number of hydrogen-bond donors (Lipinski definition) is 1. The van der Waals surface area contributed by atoms with Gasteiger partial charge in [0.15, 0.2) is 11.6 Å². The van der Waals surface area contributed by atoms with Crippen molar-refractivity contribution in [3.63, 3.8) is 0 Å². The highest BCUT2D eigenvalue weighted by Gasteiger charge is 2.09. The zero-order valence-electron chi connectivity index (χ0n) is 7.74. The molecule has 2 aromatic rings. The summed E-state index contributed by atoms with van der Waals surface area (Å²) in [6, 6.07) is 5.70.